The summed E-state index contributed by atoms with van der Waals surface area (Å²) in [6, 6.07) is 7.57. The number of benzene rings is 1. The molecule has 1 aliphatic rings. The summed E-state index contributed by atoms with van der Waals surface area (Å²) < 4.78 is 10.9. The van der Waals surface area contributed by atoms with Crippen molar-refractivity contribution in [1.82, 2.24) is 0 Å². The summed E-state index contributed by atoms with van der Waals surface area (Å²) in [5.41, 5.74) is 6.67. The number of nitrogens with two attached hydrogens (primary N) is 1. The Morgan fingerprint density at radius 1 is 1.28 bits per heavy atom. The third-order valence-electron chi connectivity index (χ3n) is 4.58. The smallest absolute Gasteiger partial charge is 0.375 e. The van der Waals surface area contributed by atoms with Gasteiger partial charge in [0.2, 0.25) is 5.76 Å². The minimum atomic E-state index is -0.987. The van der Waals surface area contributed by atoms with Crippen LogP contribution in [0.5, 0.6) is 0 Å². The second-order valence-corrected chi connectivity index (χ2v) is 7.72. The predicted molar refractivity (Wildman–Crippen MR) is 98.5 cm³/mol. The molecule has 2 aromatic rings. The number of hydrogen-bond donors (Lipinski definition) is 1. The van der Waals surface area contributed by atoms with Crippen LogP contribution in [0.15, 0.2) is 28.7 Å². The lowest BCUT2D eigenvalue weighted by Gasteiger charge is -2.20. The lowest BCUT2D eigenvalue weighted by Crippen LogP contribution is -2.30. The SMILES string of the molecule is CC(OC(=O)c1oc2ccccc2c1CSC1CCCCC1)C(N)=O. The van der Waals surface area contributed by atoms with Crippen molar-refractivity contribution in [1.29, 1.82) is 0 Å². The Morgan fingerprint density at radius 2 is 2.00 bits per heavy atom. The Kier molecular flexibility index (Phi) is 5.68. The topological polar surface area (TPSA) is 82.5 Å². The molecular weight excluding hydrogens is 338 g/mol. The molecule has 1 saturated carbocycles. The molecule has 0 saturated heterocycles. The Labute approximate surface area is 151 Å². The van der Waals surface area contributed by atoms with Crippen LogP contribution in [0.25, 0.3) is 11.0 Å². The Hall–Kier alpha value is -1.95. The van der Waals surface area contributed by atoms with Crippen molar-refractivity contribution in [3.63, 3.8) is 0 Å². The van der Waals surface area contributed by atoms with Crippen molar-refractivity contribution < 1.29 is 18.7 Å². The number of carbonyl (C=O) groups is 2. The lowest BCUT2D eigenvalue weighted by molar-refractivity contribution is -0.125. The first kappa shape index (κ1) is 17.9. The summed E-state index contributed by atoms with van der Waals surface area (Å²) in [4.78, 5) is 23.6. The van der Waals surface area contributed by atoms with Gasteiger partial charge in [0.25, 0.3) is 5.91 Å². The molecule has 1 aliphatic carbocycles. The third kappa shape index (κ3) is 4.18. The van der Waals surface area contributed by atoms with Crippen molar-refractivity contribution in [2.75, 3.05) is 0 Å². The molecule has 0 spiro atoms. The highest BCUT2D eigenvalue weighted by Crippen LogP contribution is 2.35. The molecule has 6 heteroatoms. The highest BCUT2D eigenvalue weighted by Gasteiger charge is 2.26. The zero-order valence-corrected chi connectivity index (χ0v) is 15.1. The number of primary amides is 1. The van der Waals surface area contributed by atoms with Gasteiger partial charge in [0.05, 0.1) is 0 Å². The van der Waals surface area contributed by atoms with Crippen LogP contribution in [0.2, 0.25) is 0 Å². The minimum Gasteiger partial charge on any atom is -0.449 e. The lowest BCUT2D eigenvalue weighted by atomic mass is 10.0. The third-order valence-corrected chi connectivity index (χ3v) is 5.98. The molecule has 3 rings (SSSR count). The molecule has 0 bridgehead atoms. The highest BCUT2D eigenvalue weighted by molar-refractivity contribution is 7.99. The van der Waals surface area contributed by atoms with Crippen LogP contribution < -0.4 is 5.73 Å². The molecule has 1 fully saturated rings. The molecule has 1 heterocycles. The first-order chi connectivity index (χ1) is 12.1. The van der Waals surface area contributed by atoms with Gasteiger partial charge < -0.3 is 14.9 Å². The molecular formula is C19H23NO4S. The number of esters is 1. The summed E-state index contributed by atoms with van der Waals surface area (Å²) in [5.74, 6) is -0.446. The van der Waals surface area contributed by atoms with Crippen molar-refractivity contribution >= 4 is 34.6 Å². The summed E-state index contributed by atoms with van der Waals surface area (Å²) in [6.07, 6.45) is 5.31. The zero-order chi connectivity index (χ0) is 17.8. The Balaban J connectivity index is 1.83. The van der Waals surface area contributed by atoms with Crippen LogP contribution in [0.1, 0.15) is 55.1 Å². The van der Waals surface area contributed by atoms with Gasteiger partial charge in [-0.05, 0) is 25.8 Å². The van der Waals surface area contributed by atoms with Crippen LogP contribution in [0.4, 0.5) is 0 Å². The monoisotopic (exact) mass is 361 g/mol. The second kappa shape index (κ2) is 7.95. The Bertz CT molecular complexity index is 764. The van der Waals surface area contributed by atoms with E-state index < -0.39 is 18.0 Å². The van der Waals surface area contributed by atoms with E-state index in [1.807, 2.05) is 36.0 Å². The van der Waals surface area contributed by atoms with E-state index in [9.17, 15) is 9.59 Å². The molecule has 134 valence electrons. The van der Waals surface area contributed by atoms with E-state index >= 15 is 0 Å². The van der Waals surface area contributed by atoms with E-state index in [1.54, 1.807) is 0 Å². The quantitative estimate of drug-likeness (QED) is 0.786. The zero-order valence-electron chi connectivity index (χ0n) is 14.3. The molecule has 0 aliphatic heterocycles. The molecule has 1 aromatic heterocycles. The normalized spacial score (nSPS) is 16.7. The van der Waals surface area contributed by atoms with E-state index in [-0.39, 0.29) is 5.76 Å². The molecule has 1 aromatic carbocycles. The maximum Gasteiger partial charge on any atom is 0.375 e. The number of furan rings is 1. The molecule has 0 radical (unpaired) electrons. The molecule has 1 amide bonds. The van der Waals surface area contributed by atoms with Gasteiger partial charge >= 0.3 is 5.97 Å². The van der Waals surface area contributed by atoms with E-state index in [0.717, 1.165) is 10.9 Å². The first-order valence-corrected chi connectivity index (χ1v) is 9.73. The fourth-order valence-corrected chi connectivity index (χ4v) is 4.47. The number of ether oxygens (including phenoxy) is 1. The molecule has 2 N–H and O–H groups in total. The predicted octanol–water partition coefficient (Wildman–Crippen LogP) is 4.03. The number of amides is 1. The van der Waals surface area contributed by atoms with Gasteiger partial charge in [-0.2, -0.15) is 11.8 Å². The number of para-hydroxylation sites is 1. The van der Waals surface area contributed by atoms with Gasteiger partial charge in [0.15, 0.2) is 6.10 Å². The standard InChI is InChI=1S/C19H23NO4S/c1-12(18(20)21)23-19(22)17-15(11-25-13-7-3-2-4-8-13)14-9-5-6-10-16(14)24-17/h5-6,9-10,12-13H,2-4,7-8,11H2,1H3,(H2,20,21). The van der Waals surface area contributed by atoms with Crippen LogP contribution in [-0.2, 0) is 15.3 Å². The van der Waals surface area contributed by atoms with Crippen molar-refractivity contribution in [2.24, 2.45) is 5.73 Å². The number of rotatable bonds is 6. The number of fused-ring (bicyclic) bond motifs is 1. The van der Waals surface area contributed by atoms with E-state index in [2.05, 4.69) is 0 Å². The van der Waals surface area contributed by atoms with Gasteiger partial charge in [-0.1, -0.05) is 37.5 Å². The van der Waals surface area contributed by atoms with Crippen LogP contribution in [0, 0.1) is 0 Å². The van der Waals surface area contributed by atoms with Crippen LogP contribution >= 0.6 is 11.8 Å². The maximum atomic E-state index is 12.5. The average molecular weight is 361 g/mol. The van der Waals surface area contributed by atoms with Gasteiger partial charge in [0, 0.05) is 22.0 Å². The number of thioether (sulfide) groups is 1. The van der Waals surface area contributed by atoms with Crippen LogP contribution in [0.3, 0.4) is 0 Å². The summed E-state index contributed by atoms with van der Waals surface area (Å²) in [6.45, 7) is 1.46. The van der Waals surface area contributed by atoms with Gasteiger partial charge in [-0.25, -0.2) is 4.79 Å². The molecule has 1 atom stereocenters. The Morgan fingerprint density at radius 3 is 2.72 bits per heavy atom. The van der Waals surface area contributed by atoms with Crippen molar-refractivity contribution in [3.8, 4) is 0 Å². The molecule has 1 unspecified atom stereocenters. The minimum absolute atomic E-state index is 0.178. The van der Waals surface area contributed by atoms with Crippen molar-refractivity contribution in [2.45, 2.75) is 56.1 Å². The number of carbonyl (C=O) groups excluding carboxylic acids is 2. The van der Waals surface area contributed by atoms with Gasteiger partial charge in [-0.3, -0.25) is 4.79 Å². The first-order valence-electron chi connectivity index (χ1n) is 8.68. The fourth-order valence-electron chi connectivity index (χ4n) is 3.11. The molecule has 5 nitrogen and oxygen atoms in total. The van der Waals surface area contributed by atoms with Crippen LogP contribution in [-0.4, -0.2) is 23.2 Å². The van der Waals surface area contributed by atoms with Gasteiger partial charge in [-0.15, -0.1) is 0 Å². The summed E-state index contributed by atoms with van der Waals surface area (Å²) in [5, 5.41) is 1.54. The van der Waals surface area contributed by atoms with E-state index in [0.29, 0.717) is 16.6 Å². The van der Waals surface area contributed by atoms with E-state index in [1.165, 1.54) is 39.0 Å². The number of hydrogen-bond acceptors (Lipinski definition) is 5. The average Bonchev–Trinajstić information content (AvgIpc) is 2.99. The van der Waals surface area contributed by atoms with E-state index in [4.69, 9.17) is 14.9 Å². The second-order valence-electron chi connectivity index (χ2n) is 6.43. The van der Waals surface area contributed by atoms with Gasteiger partial charge in [0.1, 0.15) is 5.58 Å². The summed E-state index contributed by atoms with van der Waals surface area (Å²) >= 11 is 1.87. The maximum absolute atomic E-state index is 12.5. The van der Waals surface area contributed by atoms with Crippen molar-refractivity contribution in [3.05, 3.63) is 35.6 Å². The largest absolute Gasteiger partial charge is 0.449 e. The summed E-state index contributed by atoms with van der Waals surface area (Å²) in [7, 11) is 0. The fraction of sp³-hybridized carbons (Fsp3) is 0.474. The highest BCUT2D eigenvalue weighted by atomic mass is 32.2. The molecule has 25 heavy (non-hydrogen) atoms.